The van der Waals surface area contributed by atoms with Crippen molar-refractivity contribution in [1.82, 2.24) is 18.7 Å². The number of piperidine rings is 1. The predicted molar refractivity (Wildman–Crippen MR) is 115 cm³/mol. The molecule has 1 aromatic carbocycles. The predicted octanol–water partition coefficient (Wildman–Crippen LogP) is 1.99. The molecule has 1 saturated heterocycles. The van der Waals surface area contributed by atoms with Crippen LogP contribution in [0.3, 0.4) is 0 Å². The van der Waals surface area contributed by atoms with Gasteiger partial charge in [-0.2, -0.15) is 9.40 Å². The Kier molecular flexibility index (Phi) is 5.82. The summed E-state index contributed by atoms with van der Waals surface area (Å²) in [5, 5.41) is 5.98. The smallest absolute Gasteiger partial charge is 0.350 e. The minimum atomic E-state index is -3.91. The molecule has 1 aliphatic heterocycles. The van der Waals surface area contributed by atoms with Crippen molar-refractivity contribution < 1.29 is 17.9 Å². The summed E-state index contributed by atoms with van der Waals surface area (Å²) in [7, 11) is -1.10. The van der Waals surface area contributed by atoms with Crippen LogP contribution in [0.5, 0.6) is 0 Å². The average molecular weight is 463 g/mol. The second kappa shape index (κ2) is 8.40. The molecule has 0 amide bonds. The van der Waals surface area contributed by atoms with Gasteiger partial charge in [0, 0.05) is 26.1 Å². The van der Waals surface area contributed by atoms with Gasteiger partial charge in [0.05, 0.1) is 12.8 Å². The Labute approximate surface area is 183 Å². The van der Waals surface area contributed by atoms with E-state index >= 15 is 0 Å². The Hall–Kier alpha value is -2.76. The minimum absolute atomic E-state index is 0.0496. The first kappa shape index (κ1) is 21.5. The summed E-state index contributed by atoms with van der Waals surface area (Å²) in [6, 6.07) is 10.6. The van der Waals surface area contributed by atoms with Crippen LogP contribution in [0.25, 0.3) is 5.69 Å². The third-order valence-electron chi connectivity index (χ3n) is 5.33. The number of esters is 1. The van der Waals surface area contributed by atoms with Gasteiger partial charge in [-0.25, -0.2) is 27.3 Å². The Balaban J connectivity index is 1.70. The molecule has 31 heavy (non-hydrogen) atoms. The van der Waals surface area contributed by atoms with Crippen LogP contribution in [-0.2, 0) is 21.8 Å². The van der Waals surface area contributed by atoms with Crippen LogP contribution in [0.4, 0.5) is 0 Å². The number of benzene rings is 1. The molecule has 1 unspecified atom stereocenters. The minimum Gasteiger partial charge on any atom is -0.465 e. The number of para-hydroxylation sites is 1. The molecule has 3 aromatic rings. The van der Waals surface area contributed by atoms with E-state index < -0.39 is 16.0 Å². The van der Waals surface area contributed by atoms with Crippen LogP contribution in [0.15, 0.2) is 51.5 Å². The average Bonchev–Trinajstić information content (AvgIpc) is 3.40. The Morgan fingerprint density at radius 1 is 1.23 bits per heavy atom. The second-order valence-corrected chi connectivity index (χ2v) is 10.1. The van der Waals surface area contributed by atoms with Gasteiger partial charge in [-0.1, -0.05) is 18.2 Å². The maximum Gasteiger partial charge on any atom is 0.350 e. The van der Waals surface area contributed by atoms with Gasteiger partial charge in [0.2, 0.25) is 10.0 Å². The van der Waals surface area contributed by atoms with Crippen molar-refractivity contribution in [1.29, 1.82) is 0 Å². The van der Waals surface area contributed by atoms with Crippen LogP contribution in [0.1, 0.15) is 34.3 Å². The van der Waals surface area contributed by atoms with Crippen molar-refractivity contribution in [2.24, 2.45) is 7.05 Å². The number of hydrogen-bond donors (Lipinski definition) is 0. The maximum atomic E-state index is 13.3. The summed E-state index contributed by atoms with van der Waals surface area (Å²) in [5.41, 5.74) is 0.397. The first-order valence-electron chi connectivity index (χ1n) is 9.72. The van der Waals surface area contributed by atoms with E-state index in [1.54, 1.807) is 12.4 Å². The number of nitrogens with zero attached hydrogens (tertiary/aromatic N) is 4. The number of methoxy groups -OCH3 is 1. The molecule has 1 aliphatic rings. The van der Waals surface area contributed by atoms with Crippen molar-refractivity contribution in [2.45, 2.75) is 23.7 Å². The highest BCUT2D eigenvalue weighted by Gasteiger charge is 2.36. The van der Waals surface area contributed by atoms with Crippen LogP contribution < -0.4 is 5.69 Å². The highest BCUT2D eigenvalue weighted by atomic mass is 32.2. The zero-order valence-electron chi connectivity index (χ0n) is 17.1. The summed E-state index contributed by atoms with van der Waals surface area (Å²) in [4.78, 5) is 24.7. The first-order valence-corrected chi connectivity index (χ1v) is 12.0. The van der Waals surface area contributed by atoms with Gasteiger partial charge < -0.3 is 4.74 Å². The molecule has 1 atom stereocenters. The number of ether oxygens (including phenoxy) is 1. The van der Waals surface area contributed by atoms with E-state index in [9.17, 15) is 18.0 Å². The number of thiophene rings is 1. The quantitative estimate of drug-likeness (QED) is 0.537. The fraction of sp³-hybridized carbons (Fsp3) is 0.350. The number of carbonyl (C=O) groups is 1. The summed E-state index contributed by atoms with van der Waals surface area (Å²) in [6.45, 7) is 0.500. The molecule has 9 nitrogen and oxygen atoms in total. The molecule has 4 rings (SSSR count). The summed E-state index contributed by atoms with van der Waals surface area (Å²) in [5.74, 6) is -0.417. The molecule has 164 valence electrons. The van der Waals surface area contributed by atoms with Crippen LogP contribution >= 0.6 is 11.3 Å². The monoisotopic (exact) mass is 462 g/mol. The van der Waals surface area contributed by atoms with E-state index in [4.69, 9.17) is 4.74 Å². The Morgan fingerprint density at radius 3 is 2.68 bits per heavy atom. The molecule has 2 aromatic heterocycles. The molecular formula is C20H22N4O5S2. The lowest BCUT2D eigenvalue weighted by Crippen LogP contribution is -2.40. The van der Waals surface area contributed by atoms with E-state index in [2.05, 4.69) is 5.10 Å². The highest BCUT2D eigenvalue weighted by molar-refractivity contribution is 7.89. The molecule has 0 spiro atoms. The van der Waals surface area contributed by atoms with Crippen molar-refractivity contribution >= 4 is 27.3 Å². The van der Waals surface area contributed by atoms with E-state index in [1.807, 2.05) is 30.3 Å². The van der Waals surface area contributed by atoms with Gasteiger partial charge >= 0.3 is 11.7 Å². The maximum absolute atomic E-state index is 13.3. The number of aryl methyl sites for hydroxylation is 1. The fourth-order valence-corrected chi connectivity index (χ4v) is 6.65. The van der Waals surface area contributed by atoms with Gasteiger partial charge in [0.15, 0.2) is 0 Å². The zero-order chi connectivity index (χ0) is 22.2. The molecular weight excluding hydrogens is 440 g/mol. The van der Waals surface area contributed by atoms with Crippen LogP contribution in [0, 0.1) is 0 Å². The Morgan fingerprint density at radius 2 is 1.97 bits per heavy atom. The van der Waals surface area contributed by atoms with Crippen molar-refractivity contribution in [3.63, 3.8) is 0 Å². The molecule has 3 heterocycles. The summed E-state index contributed by atoms with van der Waals surface area (Å²) in [6.07, 6.45) is 1.31. The number of carbonyl (C=O) groups excluding carboxylic acids is 1. The van der Waals surface area contributed by atoms with Gasteiger partial charge in [0.1, 0.15) is 15.6 Å². The molecule has 0 N–H and O–H groups in total. The van der Waals surface area contributed by atoms with Crippen molar-refractivity contribution in [2.75, 3.05) is 20.2 Å². The lowest BCUT2D eigenvalue weighted by Gasteiger charge is -2.31. The standard InChI is InChI=1S/C20H22N4O5S2/c1-22-20(26)24(15-8-4-3-5-9-15)18(21-22)14-7-6-11-23(13-14)31(27,28)16-10-12-30-17(16)19(25)29-2/h3-5,8-10,12,14H,6-7,11,13H2,1-2H3. The number of sulfonamides is 1. The van der Waals surface area contributed by atoms with Gasteiger partial charge in [0.25, 0.3) is 0 Å². The lowest BCUT2D eigenvalue weighted by atomic mass is 9.98. The molecule has 0 aliphatic carbocycles. The lowest BCUT2D eigenvalue weighted by molar-refractivity contribution is 0.0602. The summed E-state index contributed by atoms with van der Waals surface area (Å²) < 4.78 is 35.5. The molecule has 0 radical (unpaired) electrons. The van der Waals surface area contributed by atoms with Crippen LogP contribution in [0.2, 0.25) is 0 Å². The first-order chi connectivity index (χ1) is 14.8. The third-order valence-corrected chi connectivity index (χ3v) is 8.26. The fourth-order valence-electron chi connectivity index (χ4n) is 3.82. The third kappa shape index (κ3) is 3.84. The van der Waals surface area contributed by atoms with E-state index in [0.717, 1.165) is 11.3 Å². The van der Waals surface area contributed by atoms with Crippen molar-refractivity contribution in [3.8, 4) is 5.69 Å². The van der Waals surface area contributed by atoms with E-state index in [0.29, 0.717) is 30.9 Å². The second-order valence-electron chi connectivity index (χ2n) is 7.24. The van der Waals surface area contributed by atoms with Gasteiger partial charge in [-0.05, 0) is 36.4 Å². The molecule has 1 fully saturated rings. The van der Waals surface area contributed by atoms with E-state index in [-0.39, 0.29) is 27.9 Å². The number of aromatic nitrogens is 3. The topological polar surface area (TPSA) is 104 Å². The SMILES string of the molecule is COC(=O)c1sccc1S(=O)(=O)N1CCCC(c2nn(C)c(=O)n2-c2ccccc2)C1. The van der Waals surface area contributed by atoms with Gasteiger partial charge in [-0.3, -0.25) is 0 Å². The zero-order valence-corrected chi connectivity index (χ0v) is 18.7. The molecule has 0 bridgehead atoms. The highest BCUT2D eigenvalue weighted by Crippen LogP contribution is 2.32. The molecule has 0 saturated carbocycles. The van der Waals surface area contributed by atoms with Crippen molar-refractivity contribution in [3.05, 3.63) is 63.0 Å². The normalized spacial score (nSPS) is 17.5. The van der Waals surface area contributed by atoms with Gasteiger partial charge in [-0.15, -0.1) is 11.3 Å². The largest absolute Gasteiger partial charge is 0.465 e. The Bertz CT molecular complexity index is 1260. The number of rotatable bonds is 5. The summed E-state index contributed by atoms with van der Waals surface area (Å²) >= 11 is 1.03. The van der Waals surface area contributed by atoms with E-state index in [1.165, 1.54) is 26.7 Å². The number of hydrogen-bond acceptors (Lipinski definition) is 7. The van der Waals surface area contributed by atoms with Crippen LogP contribution in [-0.4, -0.2) is 53.2 Å². The molecule has 11 heteroatoms.